The van der Waals surface area contributed by atoms with Gasteiger partial charge < -0.3 is 9.47 Å². The number of benzene rings is 2. The van der Waals surface area contributed by atoms with Gasteiger partial charge in [-0.1, -0.05) is 30.3 Å². The number of nitrogens with zero attached hydrogens (tertiary/aromatic N) is 1. The van der Waals surface area contributed by atoms with Crippen LogP contribution in [0, 0.1) is 6.92 Å². The molecule has 1 aromatic heterocycles. The molecule has 4 rings (SSSR count). The van der Waals surface area contributed by atoms with Crippen LogP contribution in [0.1, 0.15) is 40.1 Å². The van der Waals surface area contributed by atoms with Crippen molar-refractivity contribution >= 4 is 28.5 Å². The van der Waals surface area contributed by atoms with Gasteiger partial charge in [-0.15, -0.1) is 11.3 Å². The van der Waals surface area contributed by atoms with Crippen molar-refractivity contribution in [3.8, 4) is 11.5 Å². The Hall–Kier alpha value is -3.12. The second-order valence-electron chi connectivity index (χ2n) is 7.54. The molecule has 0 radical (unpaired) electrons. The van der Waals surface area contributed by atoms with E-state index in [0.29, 0.717) is 23.2 Å². The predicted molar refractivity (Wildman–Crippen MR) is 125 cm³/mol. The van der Waals surface area contributed by atoms with Crippen molar-refractivity contribution in [2.24, 2.45) is 0 Å². The minimum absolute atomic E-state index is 0.190. The Morgan fingerprint density at radius 1 is 1.16 bits per heavy atom. The van der Waals surface area contributed by atoms with Crippen molar-refractivity contribution in [2.75, 3.05) is 12.4 Å². The molecule has 5 nitrogen and oxygen atoms in total. The van der Waals surface area contributed by atoms with E-state index in [1.807, 2.05) is 30.3 Å². The highest BCUT2D eigenvalue weighted by molar-refractivity contribution is 7.15. The number of methoxy groups -OCH3 is 1. The Balaban J connectivity index is 1.38. The molecule has 160 valence electrons. The number of thiazole rings is 1. The number of anilines is 1. The van der Waals surface area contributed by atoms with Crippen molar-refractivity contribution in [1.82, 2.24) is 4.98 Å². The lowest BCUT2D eigenvalue weighted by Gasteiger charge is -2.12. The van der Waals surface area contributed by atoms with Gasteiger partial charge >= 0.3 is 0 Å². The van der Waals surface area contributed by atoms with E-state index in [1.54, 1.807) is 24.5 Å². The van der Waals surface area contributed by atoms with E-state index in [1.165, 1.54) is 29.4 Å². The van der Waals surface area contributed by atoms with Crippen LogP contribution in [0.5, 0.6) is 11.5 Å². The minimum Gasteiger partial charge on any atom is -0.493 e. The largest absolute Gasteiger partial charge is 0.493 e. The molecular weight excluding hydrogens is 408 g/mol. The number of carbonyl (C=O) groups is 1. The van der Waals surface area contributed by atoms with Gasteiger partial charge in [0.15, 0.2) is 16.6 Å². The Morgan fingerprint density at radius 3 is 2.81 bits per heavy atom. The van der Waals surface area contributed by atoms with Gasteiger partial charge in [0.25, 0.3) is 0 Å². The molecule has 2 aromatic carbocycles. The lowest BCUT2D eigenvalue weighted by atomic mass is 10.0. The molecule has 0 saturated carbocycles. The smallest absolute Gasteiger partial charge is 0.250 e. The SMILES string of the molecule is COc1cc(C=CC(=O)Nc2nc3c(s2)CCCC3)ccc1OCc1ccccc1C. The fraction of sp³-hybridized carbons (Fsp3) is 0.280. The molecule has 0 fully saturated rings. The van der Waals surface area contributed by atoms with Crippen LogP contribution in [0.15, 0.2) is 48.5 Å². The minimum atomic E-state index is -0.190. The first-order valence-corrected chi connectivity index (χ1v) is 11.3. The van der Waals surface area contributed by atoms with E-state index in [2.05, 4.69) is 29.4 Å². The summed E-state index contributed by atoms with van der Waals surface area (Å²) in [5.41, 5.74) is 4.32. The number of nitrogens with one attached hydrogen (secondary N) is 1. The van der Waals surface area contributed by atoms with Crippen molar-refractivity contribution in [2.45, 2.75) is 39.2 Å². The zero-order chi connectivity index (χ0) is 21.6. The normalized spacial score (nSPS) is 13.1. The molecule has 1 heterocycles. The molecule has 0 atom stereocenters. The second kappa shape index (κ2) is 9.79. The third-order valence-corrected chi connectivity index (χ3v) is 6.41. The van der Waals surface area contributed by atoms with Crippen molar-refractivity contribution in [1.29, 1.82) is 0 Å². The van der Waals surface area contributed by atoms with Gasteiger partial charge in [-0.25, -0.2) is 4.98 Å². The highest BCUT2D eigenvalue weighted by atomic mass is 32.1. The third-order valence-electron chi connectivity index (χ3n) is 5.34. The Labute approximate surface area is 186 Å². The quantitative estimate of drug-likeness (QED) is 0.494. The number of aromatic nitrogens is 1. The average Bonchev–Trinajstić information content (AvgIpc) is 3.19. The maximum Gasteiger partial charge on any atom is 0.250 e. The molecular formula is C25H26N2O3S. The van der Waals surface area contributed by atoms with Crippen molar-refractivity contribution in [3.63, 3.8) is 0 Å². The van der Waals surface area contributed by atoms with Gasteiger partial charge in [0.1, 0.15) is 6.61 Å². The zero-order valence-corrected chi connectivity index (χ0v) is 18.6. The maximum absolute atomic E-state index is 12.3. The number of hydrogen-bond acceptors (Lipinski definition) is 5. The molecule has 3 aromatic rings. The molecule has 0 saturated heterocycles. The molecule has 0 aliphatic heterocycles. The zero-order valence-electron chi connectivity index (χ0n) is 17.8. The van der Waals surface area contributed by atoms with Crippen LogP contribution in [0.2, 0.25) is 0 Å². The maximum atomic E-state index is 12.3. The number of ether oxygens (including phenoxy) is 2. The summed E-state index contributed by atoms with van der Waals surface area (Å²) in [7, 11) is 1.61. The summed E-state index contributed by atoms with van der Waals surface area (Å²) in [4.78, 5) is 18.2. The molecule has 6 heteroatoms. The van der Waals surface area contributed by atoms with Crippen LogP contribution < -0.4 is 14.8 Å². The molecule has 0 bridgehead atoms. The number of hydrogen-bond donors (Lipinski definition) is 1. The summed E-state index contributed by atoms with van der Waals surface area (Å²) in [6.07, 6.45) is 7.73. The van der Waals surface area contributed by atoms with Crippen LogP contribution in [0.3, 0.4) is 0 Å². The highest BCUT2D eigenvalue weighted by Crippen LogP contribution is 2.31. The summed E-state index contributed by atoms with van der Waals surface area (Å²) in [5, 5.41) is 3.56. The standard InChI is InChI=1S/C25H26N2O3S/c1-17-7-3-4-8-19(17)16-30-21-13-11-18(15-22(21)29-2)12-14-24(28)27-25-26-20-9-5-6-10-23(20)31-25/h3-4,7-8,11-15H,5-6,9-10,16H2,1-2H3,(H,26,27,28). The lowest BCUT2D eigenvalue weighted by Crippen LogP contribution is -2.07. The third kappa shape index (κ3) is 5.33. The predicted octanol–water partition coefficient (Wildman–Crippen LogP) is 5.57. The summed E-state index contributed by atoms with van der Waals surface area (Å²) in [6, 6.07) is 13.8. The van der Waals surface area contributed by atoms with Crippen LogP contribution in [-0.4, -0.2) is 18.0 Å². The van der Waals surface area contributed by atoms with E-state index in [-0.39, 0.29) is 5.91 Å². The first-order valence-electron chi connectivity index (χ1n) is 10.5. The number of rotatable bonds is 7. The van der Waals surface area contributed by atoms with Crippen LogP contribution >= 0.6 is 11.3 Å². The van der Waals surface area contributed by atoms with E-state index < -0.39 is 0 Å². The summed E-state index contributed by atoms with van der Waals surface area (Å²) >= 11 is 1.58. The molecule has 1 N–H and O–H groups in total. The number of amides is 1. The van der Waals surface area contributed by atoms with Gasteiger partial charge in [-0.05, 0) is 67.5 Å². The summed E-state index contributed by atoms with van der Waals surface area (Å²) in [6.45, 7) is 2.54. The first kappa shape index (κ1) is 21.1. The summed E-state index contributed by atoms with van der Waals surface area (Å²) < 4.78 is 11.4. The highest BCUT2D eigenvalue weighted by Gasteiger charge is 2.15. The number of fused-ring (bicyclic) bond motifs is 1. The number of carbonyl (C=O) groups excluding carboxylic acids is 1. The van der Waals surface area contributed by atoms with Gasteiger partial charge in [0, 0.05) is 11.0 Å². The molecule has 0 spiro atoms. The van der Waals surface area contributed by atoms with Gasteiger partial charge in [0.05, 0.1) is 12.8 Å². The molecule has 31 heavy (non-hydrogen) atoms. The van der Waals surface area contributed by atoms with E-state index in [9.17, 15) is 4.79 Å². The Kier molecular flexibility index (Phi) is 6.67. The van der Waals surface area contributed by atoms with Crippen molar-refractivity contribution < 1.29 is 14.3 Å². The lowest BCUT2D eigenvalue weighted by molar-refractivity contribution is -0.111. The topological polar surface area (TPSA) is 60.5 Å². The number of aryl methyl sites for hydroxylation is 3. The fourth-order valence-electron chi connectivity index (χ4n) is 3.56. The van der Waals surface area contributed by atoms with Gasteiger partial charge in [-0.3, -0.25) is 10.1 Å². The first-order chi connectivity index (χ1) is 15.1. The average molecular weight is 435 g/mol. The van der Waals surface area contributed by atoms with E-state index >= 15 is 0 Å². The molecule has 1 amide bonds. The molecule has 1 aliphatic carbocycles. The van der Waals surface area contributed by atoms with E-state index in [4.69, 9.17) is 9.47 Å². The van der Waals surface area contributed by atoms with Crippen LogP contribution in [-0.2, 0) is 24.2 Å². The monoisotopic (exact) mass is 434 g/mol. The Bertz CT molecular complexity index is 1080. The van der Waals surface area contributed by atoms with Crippen molar-refractivity contribution in [3.05, 3.63) is 75.8 Å². The Morgan fingerprint density at radius 2 is 2.00 bits per heavy atom. The summed E-state index contributed by atoms with van der Waals surface area (Å²) in [5.74, 6) is 1.11. The van der Waals surface area contributed by atoms with Crippen LogP contribution in [0.4, 0.5) is 5.13 Å². The van der Waals surface area contributed by atoms with Gasteiger partial charge in [0.2, 0.25) is 5.91 Å². The molecule has 0 unspecified atom stereocenters. The fourth-order valence-corrected chi connectivity index (χ4v) is 4.61. The van der Waals surface area contributed by atoms with Gasteiger partial charge in [-0.2, -0.15) is 0 Å². The van der Waals surface area contributed by atoms with Crippen LogP contribution in [0.25, 0.3) is 6.08 Å². The molecule has 1 aliphatic rings. The second-order valence-corrected chi connectivity index (χ2v) is 8.63. The van der Waals surface area contributed by atoms with E-state index in [0.717, 1.165) is 29.7 Å².